The fraction of sp³-hybridized carbons (Fsp3) is 0.636. The predicted octanol–water partition coefficient (Wildman–Crippen LogP) is 3.33. The molecule has 160 valence electrons. The number of hydrogen-bond donors (Lipinski definition) is 1. The van der Waals surface area contributed by atoms with E-state index in [0.717, 1.165) is 30.9 Å². The van der Waals surface area contributed by atoms with Gasteiger partial charge in [0, 0.05) is 24.1 Å². The minimum atomic E-state index is -0.490. The van der Waals surface area contributed by atoms with E-state index in [4.69, 9.17) is 4.74 Å². The Labute approximate surface area is 182 Å². The highest BCUT2D eigenvalue weighted by Crippen LogP contribution is 2.51. The number of carbonyl (C=O) groups excluding carboxylic acids is 2. The van der Waals surface area contributed by atoms with E-state index in [1.807, 2.05) is 60.5 Å². The van der Waals surface area contributed by atoms with Crippen LogP contribution in [-0.4, -0.2) is 63.6 Å². The molecular weight excluding hydrogens is 404 g/mol. The lowest BCUT2D eigenvalue weighted by molar-refractivity contribution is -0.146. The Bertz CT molecular complexity index is 695. The predicted molar refractivity (Wildman–Crippen MR) is 121 cm³/mol. The van der Waals surface area contributed by atoms with Crippen molar-refractivity contribution < 1.29 is 14.3 Å². The molecule has 1 amide bonds. The summed E-state index contributed by atoms with van der Waals surface area (Å²) < 4.78 is 5.43. The summed E-state index contributed by atoms with van der Waals surface area (Å²) in [7, 11) is 0. The molecule has 29 heavy (non-hydrogen) atoms. The molecular formula is C22H32N2O3S2. The van der Waals surface area contributed by atoms with Gasteiger partial charge in [-0.3, -0.25) is 14.9 Å². The normalized spacial score (nSPS) is 22.6. The highest BCUT2D eigenvalue weighted by molar-refractivity contribution is 8.21. The Hall–Kier alpha value is -1.18. The van der Waals surface area contributed by atoms with Gasteiger partial charge in [0.1, 0.15) is 6.04 Å². The van der Waals surface area contributed by atoms with Crippen LogP contribution in [0.15, 0.2) is 30.3 Å². The quantitative estimate of drug-likeness (QED) is 0.631. The maximum absolute atomic E-state index is 13.2. The summed E-state index contributed by atoms with van der Waals surface area (Å²) >= 11 is 3.99. The van der Waals surface area contributed by atoms with E-state index in [2.05, 4.69) is 24.4 Å². The Kier molecular flexibility index (Phi) is 7.93. The van der Waals surface area contributed by atoms with Gasteiger partial charge in [-0.15, -0.1) is 23.5 Å². The molecule has 1 aromatic carbocycles. The van der Waals surface area contributed by atoms with Crippen molar-refractivity contribution in [2.24, 2.45) is 0 Å². The molecule has 0 radical (unpaired) electrons. The number of amides is 1. The molecule has 2 aliphatic heterocycles. The molecule has 2 saturated heterocycles. The van der Waals surface area contributed by atoms with Gasteiger partial charge in [0.2, 0.25) is 5.91 Å². The van der Waals surface area contributed by atoms with Crippen LogP contribution in [0, 0.1) is 0 Å². The molecule has 0 aliphatic carbocycles. The topological polar surface area (TPSA) is 58.6 Å². The Morgan fingerprint density at radius 3 is 2.62 bits per heavy atom. The van der Waals surface area contributed by atoms with Crippen LogP contribution in [-0.2, 0) is 20.7 Å². The lowest BCUT2D eigenvalue weighted by Crippen LogP contribution is -2.52. The van der Waals surface area contributed by atoms with Gasteiger partial charge in [0.15, 0.2) is 0 Å². The van der Waals surface area contributed by atoms with Crippen LogP contribution in [0.2, 0.25) is 0 Å². The molecule has 5 nitrogen and oxygen atoms in total. The number of ether oxygens (including phenoxy) is 1. The molecule has 0 saturated carbocycles. The first-order chi connectivity index (χ1) is 13.9. The highest BCUT2D eigenvalue weighted by Gasteiger charge is 2.47. The van der Waals surface area contributed by atoms with Crippen LogP contribution in [0.25, 0.3) is 0 Å². The largest absolute Gasteiger partial charge is 0.465 e. The first-order valence-electron chi connectivity index (χ1n) is 10.5. The second kappa shape index (κ2) is 10.2. The van der Waals surface area contributed by atoms with Crippen LogP contribution in [0.4, 0.5) is 0 Å². The van der Waals surface area contributed by atoms with Crippen LogP contribution in [0.1, 0.15) is 39.2 Å². The summed E-state index contributed by atoms with van der Waals surface area (Å²) in [5, 5.41) is 3.27. The van der Waals surface area contributed by atoms with Crippen molar-refractivity contribution in [3.8, 4) is 0 Å². The standard InChI is InChI=1S/C22H32N2O3S2/c1-4-27-21(26)19(11-10-18-8-6-5-7-9-18)23-17(3)20(25)24-15-22(14-16(24)2)28-12-13-29-22/h5-9,16-17,19,23H,4,10-15H2,1-3H3/t16-,17?,19?/m1/s1. The van der Waals surface area contributed by atoms with Crippen LogP contribution < -0.4 is 5.32 Å². The summed E-state index contributed by atoms with van der Waals surface area (Å²) in [6.07, 6.45) is 2.40. The number of benzene rings is 1. The highest BCUT2D eigenvalue weighted by atomic mass is 32.2. The third-order valence-corrected chi connectivity index (χ3v) is 9.03. The van der Waals surface area contributed by atoms with E-state index in [-0.39, 0.29) is 22.0 Å². The number of likely N-dealkylation sites (tertiary alicyclic amines) is 1. The second-order valence-corrected chi connectivity index (χ2v) is 11.1. The van der Waals surface area contributed by atoms with Crippen molar-refractivity contribution in [3.63, 3.8) is 0 Å². The van der Waals surface area contributed by atoms with Gasteiger partial charge in [0.25, 0.3) is 0 Å². The molecule has 2 unspecified atom stereocenters. The van der Waals surface area contributed by atoms with Crippen molar-refractivity contribution in [3.05, 3.63) is 35.9 Å². The lowest BCUT2D eigenvalue weighted by Gasteiger charge is -2.28. The molecule has 7 heteroatoms. The van der Waals surface area contributed by atoms with E-state index in [0.29, 0.717) is 13.0 Å². The number of nitrogens with one attached hydrogen (secondary N) is 1. The average Bonchev–Trinajstić information content (AvgIpc) is 3.31. The fourth-order valence-corrected chi connectivity index (χ4v) is 7.55. The summed E-state index contributed by atoms with van der Waals surface area (Å²) in [6, 6.07) is 9.41. The van der Waals surface area contributed by atoms with Crippen molar-refractivity contribution in [2.75, 3.05) is 24.7 Å². The summed E-state index contributed by atoms with van der Waals surface area (Å²) in [5.41, 5.74) is 1.17. The maximum atomic E-state index is 13.2. The van der Waals surface area contributed by atoms with Gasteiger partial charge in [-0.05, 0) is 45.6 Å². The lowest BCUT2D eigenvalue weighted by atomic mass is 10.0. The molecule has 0 aromatic heterocycles. The van der Waals surface area contributed by atoms with Gasteiger partial charge in [-0.1, -0.05) is 30.3 Å². The van der Waals surface area contributed by atoms with Gasteiger partial charge in [-0.25, -0.2) is 0 Å². The van der Waals surface area contributed by atoms with Crippen LogP contribution in [0.5, 0.6) is 0 Å². The molecule has 2 heterocycles. The van der Waals surface area contributed by atoms with Gasteiger partial charge < -0.3 is 9.64 Å². The van der Waals surface area contributed by atoms with E-state index in [1.54, 1.807) is 0 Å². The Morgan fingerprint density at radius 1 is 1.28 bits per heavy atom. The van der Waals surface area contributed by atoms with Crippen molar-refractivity contribution in [1.29, 1.82) is 0 Å². The molecule has 2 aliphatic rings. The number of rotatable bonds is 8. The molecule has 1 aromatic rings. The summed E-state index contributed by atoms with van der Waals surface area (Å²) in [6.45, 7) is 6.94. The molecule has 1 N–H and O–H groups in total. The minimum Gasteiger partial charge on any atom is -0.465 e. The van der Waals surface area contributed by atoms with E-state index >= 15 is 0 Å². The fourth-order valence-electron chi connectivity index (χ4n) is 4.13. The number of thioether (sulfide) groups is 2. The number of carbonyl (C=O) groups is 2. The van der Waals surface area contributed by atoms with Crippen molar-refractivity contribution in [2.45, 2.75) is 62.2 Å². The number of aryl methyl sites for hydroxylation is 1. The Morgan fingerprint density at radius 2 is 1.97 bits per heavy atom. The minimum absolute atomic E-state index is 0.0801. The van der Waals surface area contributed by atoms with E-state index < -0.39 is 12.1 Å². The van der Waals surface area contributed by atoms with Gasteiger partial charge in [0.05, 0.1) is 16.7 Å². The smallest absolute Gasteiger partial charge is 0.323 e. The molecule has 1 spiro atoms. The molecule has 3 rings (SSSR count). The summed E-state index contributed by atoms with van der Waals surface area (Å²) in [4.78, 5) is 27.7. The zero-order chi connectivity index (χ0) is 20.9. The van der Waals surface area contributed by atoms with Crippen LogP contribution in [0.3, 0.4) is 0 Å². The third-order valence-electron chi connectivity index (χ3n) is 5.60. The first-order valence-corrected chi connectivity index (χ1v) is 12.5. The number of nitrogens with zero attached hydrogens (tertiary/aromatic N) is 1. The second-order valence-electron chi connectivity index (χ2n) is 7.84. The van der Waals surface area contributed by atoms with Gasteiger partial charge in [-0.2, -0.15) is 0 Å². The SMILES string of the molecule is CCOC(=O)C(CCc1ccccc1)NC(C)C(=O)N1CC2(C[C@H]1C)SCCS2. The van der Waals surface area contributed by atoms with E-state index in [1.165, 1.54) is 5.56 Å². The average molecular weight is 437 g/mol. The zero-order valence-corrected chi connectivity index (χ0v) is 19.2. The summed E-state index contributed by atoms with van der Waals surface area (Å²) in [5.74, 6) is 2.13. The van der Waals surface area contributed by atoms with Crippen LogP contribution >= 0.6 is 23.5 Å². The van der Waals surface area contributed by atoms with E-state index in [9.17, 15) is 9.59 Å². The molecule has 3 atom stereocenters. The molecule has 0 bridgehead atoms. The van der Waals surface area contributed by atoms with Crippen molar-refractivity contribution in [1.82, 2.24) is 10.2 Å². The molecule has 2 fully saturated rings. The maximum Gasteiger partial charge on any atom is 0.323 e. The van der Waals surface area contributed by atoms with Gasteiger partial charge >= 0.3 is 5.97 Å². The number of hydrogen-bond acceptors (Lipinski definition) is 6. The zero-order valence-electron chi connectivity index (χ0n) is 17.6. The van der Waals surface area contributed by atoms with Crippen molar-refractivity contribution >= 4 is 35.4 Å². The Balaban J connectivity index is 1.61. The monoisotopic (exact) mass is 436 g/mol. The third kappa shape index (κ3) is 5.70. The first kappa shape index (κ1) is 22.5. The number of esters is 1.